The predicted octanol–water partition coefficient (Wildman–Crippen LogP) is 1.63. The summed E-state index contributed by atoms with van der Waals surface area (Å²) in [5, 5.41) is 3.70. The number of fused-ring (bicyclic) bond motifs is 1. The summed E-state index contributed by atoms with van der Waals surface area (Å²) in [5.74, 6) is 0. The summed E-state index contributed by atoms with van der Waals surface area (Å²) >= 11 is 0. The molecule has 0 aliphatic carbocycles. The third kappa shape index (κ3) is 1.08. The van der Waals surface area contributed by atoms with E-state index in [0.717, 1.165) is 5.19 Å². The molecule has 0 amide bonds. The van der Waals surface area contributed by atoms with Gasteiger partial charge in [-0.3, -0.25) is 0 Å². The van der Waals surface area contributed by atoms with Crippen LogP contribution < -0.4 is 5.19 Å². The number of rotatable bonds is 0. The molecule has 1 heteroatoms. The van der Waals surface area contributed by atoms with Gasteiger partial charge in [-0.15, -0.1) is 0 Å². The normalized spacial score (nSPS) is 10.3. The second kappa shape index (κ2) is 2.51. The summed E-state index contributed by atoms with van der Waals surface area (Å²) in [7, 11) is 3.55. The Bertz CT molecular complexity index is 374. The van der Waals surface area contributed by atoms with Gasteiger partial charge in [0.15, 0.2) is 0 Å². The van der Waals surface area contributed by atoms with Crippen LogP contribution in [0.25, 0.3) is 10.8 Å². The van der Waals surface area contributed by atoms with Crippen LogP contribution in [-0.2, 0) is 0 Å². The fourth-order valence-electron chi connectivity index (χ4n) is 1.23. The molecule has 51 valence electrons. The molecular weight excluding hydrogens is 148 g/mol. The molecule has 0 atom stereocenters. The number of hydrogen-bond donors (Lipinski definition) is 0. The van der Waals surface area contributed by atoms with Crippen LogP contribution >= 0.6 is 0 Å². The van der Waals surface area contributed by atoms with Crippen molar-refractivity contribution in [2.75, 3.05) is 0 Å². The van der Waals surface area contributed by atoms with E-state index < -0.39 is 0 Å². The van der Waals surface area contributed by atoms with Crippen LogP contribution in [0.3, 0.4) is 0 Å². The Hall–Kier alpha value is -1.08. The van der Waals surface area contributed by atoms with Crippen LogP contribution in [0.15, 0.2) is 42.5 Å². The van der Waals surface area contributed by atoms with E-state index in [1.54, 1.807) is 0 Å². The third-order valence-corrected chi connectivity index (χ3v) is 2.23. The van der Waals surface area contributed by atoms with Crippen LogP contribution in [0.4, 0.5) is 0 Å². The van der Waals surface area contributed by atoms with Crippen molar-refractivity contribution in [3.8, 4) is 0 Å². The molecule has 0 aliphatic rings. The minimum Gasteiger partial charge on any atom is -0.0632 e. The zero-order valence-corrected chi connectivity index (χ0v) is 7.04. The lowest BCUT2D eigenvalue weighted by Gasteiger charge is -1.98. The summed E-state index contributed by atoms with van der Waals surface area (Å²) in [6.45, 7) is 0. The molecule has 0 N–H and O–H groups in total. The van der Waals surface area contributed by atoms with Crippen molar-refractivity contribution >= 4 is 26.2 Å². The lowest BCUT2D eigenvalue weighted by atomic mass is 10.1. The van der Waals surface area contributed by atoms with Crippen molar-refractivity contribution in [2.45, 2.75) is 0 Å². The molecule has 11 heavy (non-hydrogen) atoms. The Labute approximate surface area is 69.3 Å². The Kier molecular flexibility index (Phi) is 1.51. The first-order chi connectivity index (χ1) is 5.38. The fraction of sp³-hybridized carbons (Fsp3) is 0. The minimum atomic E-state index is 1.16. The minimum absolute atomic E-state index is 1.16. The monoisotopic (exact) mass is 155 g/mol. The number of hydrogen-bond acceptors (Lipinski definition) is 0. The molecule has 0 saturated heterocycles. The first-order valence-corrected chi connectivity index (χ1v) is 4.07. The van der Waals surface area contributed by atoms with Crippen molar-refractivity contribution in [1.82, 2.24) is 0 Å². The molecule has 0 spiro atoms. The molecule has 0 aromatic heterocycles. The van der Waals surface area contributed by atoms with Crippen LogP contribution in [0.2, 0.25) is 0 Å². The van der Waals surface area contributed by atoms with Gasteiger partial charge in [0.2, 0.25) is 0 Å². The number of benzene rings is 2. The molecule has 2 aromatic rings. The Balaban J connectivity index is 2.91. The molecule has 0 heterocycles. The first kappa shape index (κ1) is 6.62. The van der Waals surface area contributed by atoms with E-state index in [0.29, 0.717) is 0 Å². The largest absolute Gasteiger partial charge is 0.0720 e. The second-order valence-electron chi connectivity index (χ2n) is 2.53. The van der Waals surface area contributed by atoms with Gasteiger partial charge in [0.1, 0.15) is 0 Å². The van der Waals surface area contributed by atoms with E-state index in [4.69, 9.17) is 0 Å². The molecule has 2 aromatic carbocycles. The Morgan fingerprint density at radius 1 is 0.818 bits per heavy atom. The smallest absolute Gasteiger partial charge is 0.0632 e. The Morgan fingerprint density at radius 3 is 2.36 bits per heavy atom. The van der Waals surface area contributed by atoms with Crippen molar-refractivity contribution in [3.63, 3.8) is 0 Å². The highest BCUT2D eigenvalue weighted by Crippen LogP contribution is 2.08. The summed E-state index contributed by atoms with van der Waals surface area (Å²) < 4.78 is 0. The molecule has 0 unspecified atom stereocenters. The zero-order valence-electron chi connectivity index (χ0n) is 6.04. The summed E-state index contributed by atoms with van der Waals surface area (Å²) in [6.07, 6.45) is 0. The van der Waals surface area contributed by atoms with Gasteiger partial charge >= 0.3 is 0 Å². The van der Waals surface area contributed by atoms with Gasteiger partial charge < -0.3 is 0 Å². The summed E-state index contributed by atoms with van der Waals surface area (Å²) in [4.78, 5) is 0. The maximum atomic E-state index is 3.55. The van der Waals surface area contributed by atoms with E-state index >= 15 is 0 Å². The molecule has 0 bridgehead atoms. The quantitative estimate of drug-likeness (QED) is 0.507. The van der Waals surface area contributed by atoms with Crippen molar-refractivity contribution in [1.29, 1.82) is 0 Å². The highest BCUT2D eigenvalue weighted by Gasteiger charge is 1.92. The van der Waals surface area contributed by atoms with Crippen molar-refractivity contribution < 1.29 is 0 Å². The molecule has 3 radical (unpaired) electrons. The molecule has 0 aliphatic heterocycles. The highest BCUT2D eigenvalue weighted by molar-refractivity contribution is 6.38. The summed E-state index contributed by atoms with van der Waals surface area (Å²) in [6, 6.07) is 14.5. The van der Waals surface area contributed by atoms with Gasteiger partial charge in [-0.1, -0.05) is 47.7 Å². The van der Waals surface area contributed by atoms with Gasteiger partial charge in [-0.2, -0.15) is 0 Å². The SMILES string of the molecule is [Si]c1cccc2ccccc12. The van der Waals surface area contributed by atoms with E-state index in [1.165, 1.54) is 10.8 Å². The zero-order chi connectivity index (χ0) is 7.68. The van der Waals surface area contributed by atoms with E-state index in [-0.39, 0.29) is 0 Å². The Morgan fingerprint density at radius 2 is 1.55 bits per heavy atom. The maximum Gasteiger partial charge on any atom is 0.0720 e. The standard InChI is InChI=1S/C10H7Si/c11-10-7-3-5-8-4-1-2-6-9(8)10/h1-7H. The average Bonchev–Trinajstić information content (AvgIpc) is 2.06. The summed E-state index contributed by atoms with van der Waals surface area (Å²) in [5.41, 5.74) is 0. The van der Waals surface area contributed by atoms with Crippen LogP contribution in [0, 0.1) is 0 Å². The van der Waals surface area contributed by atoms with Gasteiger partial charge in [-0.25, -0.2) is 0 Å². The second-order valence-corrected chi connectivity index (χ2v) is 3.07. The molecule has 0 saturated carbocycles. The van der Waals surface area contributed by atoms with Gasteiger partial charge in [0.05, 0.1) is 10.2 Å². The van der Waals surface area contributed by atoms with Crippen molar-refractivity contribution in [3.05, 3.63) is 42.5 Å². The first-order valence-electron chi connectivity index (χ1n) is 3.57. The molecular formula is C10H7Si. The molecule has 0 nitrogen and oxygen atoms in total. The van der Waals surface area contributed by atoms with Crippen LogP contribution in [-0.4, -0.2) is 10.2 Å². The molecule has 0 fully saturated rings. The lowest BCUT2D eigenvalue weighted by molar-refractivity contribution is 1.78. The highest BCUT2D eigenvalue weighted by atomic mass is 28.1. The predicted molar refractivity (Wildman–Crippen MR) is 49.3 cm³/mol. The molecule has 2 rings (SSSR count). The van der Waals surface area contributed by atoms with Crippen LogP contribution in [0.1, 0.15) is 0 Å². The van der Waals surface area contributed by atoms with Gasteiger partial charge in [0.25, 0.3) is 0 Å². The van der Waals surface area contributed by atoms with Gasteiger partial charge in [0, 0.05) is 0 Å². The third-order valence-electron chi connectivity index (χ3n) is 1.79. The average molecular weight is 155 g/mol. The van der Waals surface area contributed by atoms with E-state index in [2.05, 4.69) is 34.5 Å². The lowest BCUT2D eigenvalue weighted by Crippen LogP contribution is -2.01. The van der Waals surface area contributed by atoms with Gasteiger partial charge in [-0.05, 0) is 10.8 Å². The fourth-order valence-corrected chi connectivity index (χ4v) is 1.55. The maximum absolute atomic E-state index is 3.55. The topological polar surface area (TPSA) is 0 Å². The van der Waals surface area contributed by atoms with Crippen LogP contribution in [0.5, 0.6) is 0 Å². The van der Waals surface area contributed by atoms with Crippen molar-refractivity contribution in [2.24, 2.45) is 0 Å². The van der Waals surface area contributed by atoms with E-state index in [1.807, 2.05) is 18.2 Å². The van der Waals surface area contributed by atoms with E-state index in [9.17, 15) is 0 Å².